The van der Waals surface area contributed by atoms with Crippen LogP contribution in [0.5, 0.6) is 0 Å². The van der Waals surface area contributed by atoms with E-state index in [9.17, 15) is 4.79 Å². The molecule has 2 saturated heterocycles. The first-order valence-corrected chi connectivity index (χ1v) is 8.58. The van der Waals surface area contributed by atoms with Crippen LogP contribution in [0, 0.1) is 0 Å². The van der Waals surface area contributed by atoms with Crippen molar-refractivity contribution in [3.63, 3.8) is 0 Å². The average Bonchev–Trinajstić information content (AvgIpc) is 3.00. The van der Waals surface area contributed by atoms with Crippen molar-refractivity contribution in [1.29, 1.82) is 0 Å². The van der Waals surface area contributed by atoms with Gasteiger partial charge in [0.05, 0.1) is 0 Å². The summed E-state index contributed by atoms with van der Waals surface area (Å²) in [6, 6.07) is 0.631. The van der Waals surface area contributed by atoms with E-state index in [0.717, 1.165) is 25.9 Å². The molecule has 20 heavy (non-hydrogen) atoms. The number of carbonyl (C=O) groups excluding carboxylic acids is 1. The summed E-state index contributed by atoms with van der Waals surface area (Å²) >= 11 is 0. The molecule has 0 bridgehead atoms. The monoisotopic (exact) mass is 281 g/mol. The van der Waals surface area contributed by atoms with Gasteiger partial charge in [0.2, 0.25) is 0 Å². The molecule has 1 unspecified atom stereocenters. The molecule has 1 N–H and O–H groups in total. The van der Waals surface area contributed by atoms with Crippen LogP contribution in [0.1, 0.15) is 58.3 Å². The van der Waals surface area contributed by atoms with Crippen LogP contribution in [0.2, 0.25) is 0 Å². The highest BCUT2D eigenvalue weighted by Gasteiger charge is 2.24. The maximum absolute atomic E-state index is 12.2. The topological polar surface area (TPSA) is 35.6 Å². The number of unbranched alkanes of at least 4 members (excludes halogenated alkanes) is 1. The minimum Gasteiger partial charge on any atom is -0.338 e. The Morgan fingerprint density at radius 1 is 1.10 bits per heavy atom. The fourth-order valence-corrected chi connectivity index (χ4v) is 3.46. The van der Waals surface area contributed by atoms with Crippen molar-refractivity contribution in [2.75, 3.05) is 32.7 Å². The number of nitrogens with zero attached hydrogens (tertiary/aromatic N) is 2. The van der Waals surface area contributed by atoms with E-state index < -0.39 is 0 Å². The standard InChI is InChI=1S/C16H31N3O/c1-2-15-9-3-5-14-19(15)16(20)17-10-4-6-11-18-12-7-8-13-18/h15H,2-14H2,1H3,(H,17,20). The number of urea groups is 1. The molecule has 2 aliphatic heterocycles. The summed E-state index contributed by atoms with van der Waals surface area (Å²) in [5, 5.41) is 3.11. The zero-order valence-electron chi connectivity index (χ0n) is 13.1. The van der Waals surface area contributed by atoms with Crippen molar-refractivity contribution in [1.82, 2.24) is 15.1 Å². The second-order valence-electron chi connectivity index (χ2n) is 6.24. The molecule has 0 aliphatic carbocycles. The second kappa shape index (κ2) is 8.50. The number of likely N-dealkylation sites (tertiary alicyclic amines) is 2. The van der Waals surface area contributed by atoms with Gasteiger partial charge in [0.15, 0.2) is 0 Å². The summed E-state index contributed by atoms with van der Waals surface area (Å²) < 4.78 is 0. The summed E-state index contributed by atoms with van der Waals surface area (Å²) in [6.07, 6.45) is 9.75. The molecule has 116 valence electrons. The highest BCUT2D eigenvalue weighted by molar-refractivity contribution is 5.74. The van der Waals surface area contributed by atoms with E-state index in [1.165, 1.54) is 58.2 Å². The first kappa shape index (κ1) is 15.6. The Morgan fingerprint density at radius 2 is 1.85 bits per heavy atom. The van der Waals surface area contributed by atoms with E-state index in [-0.39, 0.29) is 6.03 Å². The number of piperidine rings is 1. The van der Waals surface area contributed by atoms with Crippen LogP contribution < -0.4 is 5.32 Å². The van der Waals surface area contributed by atoms with Crippen molar-refractivity contribution in [2.24, 2.45) is 0 Å². The molecule has 4 heteroatoms. The van der Waals surface area contributed by atoms with Crippen LogP contribution in [0.4, 0.5) is 4.79 Å². The van der Waals surface area contributed by atoms with Crippen molar-refractivity contribution in [3.05, 3.63) is 0 Å². The highest BCUT2D eigenvalue weighted by Crippen LogP contribution is 2.19. The van der Waals surface area contributed by atoms with Gasteiger partial charge in [0.1, 0.15) is 0 Å². The van der Waals surface area contributed by atoms with Gasteiger partial charge in [-0.2, -0.15) is 0 Å². The number of amides is 2. The number of nitrogens with one attached hydrogen (secondary N) is 1. The van der Waals surface area contributed by atoms with Crippen molar-refractivity contribution >= 4 is 6.03 Å². The second-order valence-corrected chi connectivity index (χ2v) is 6.24. The first-order valence-electron chi connectivity index (χ1n) is 8.58. The van der Waals surface area contributed by atoms with Gasteiger partial charge >= 0.3 is 6.03 Å². The van der Waals surface area contributed by atoms with Crippen LogP contribution in [0.3, 0.4) is 0 Å². The van der Waals surface area contributed by atoms with Crippen molar-refractivity contribution in [2.45, 2.75) is 64.3 Å². The Hall–Kier alpha value is -0.770. The molecule has 0 radical (unpaired) electrons. The smallest absolute Gasteiger partial charge is 0.317 e. The molecular formula is C16H31N3O. The molecule has 0 aromatic rings. The lowest BCUT2D eigenvalue weighted by molar-refractivity contribution is 0.148. The Labute approximate surface area is 123 Å². The van der Waals surface area contributed by atoms with Crippen LogP contribution >= 0.6 is 0 Å². The zero-order chi connectivity index (χ0) is 14.2. The molecule has 2 aliphatic rings. The maximum atomic E-state index is 12.2. The van der Waals surface area contributed by atoms with Crippen LogP contribution in [-0.4, -0.2) is 54.6 Å². The first-order chi connectivity index (χ1) is 9.81. The summed E-state index contributed by atoms with van der Waals surface area (Å²) in [5.74, 6) is 0. The molecule has 0 aromatic carbocycles. The third-order valence-corrected chi connectivity index (χ3v) is 4.74. The highest BCUT2D eigenvalue weighted by atomic mass is 16.2. The summed E-state index contributed by atoms with van der Waals surface area (Å²) in [4.78, 5) is 16.8. The molecule has 0 saturated carbocycles. The maximum Gasteiger partial charge on any atom is 0.317 e. The van der Waals surface area contributed by atoms with Crippen molar-refractivity contribution < 1.29 is 4.79 Å². The van der Waals surface area contributed by atoms with Crippen LogP contribution in [0.25, 0.3) is 0 Å². The minimum absolute atomic E-state index is 0.165. The predicted molar refractivity (Wildman–Crippen MR) is 82.9 cm³/mol. The SMILES string of the molecule is CCC1CCCCN1C(=O)NCCCCN1CCCC1. The van der Waals surface area contributed by atoms with E-state index in [0.29, 0.717) is 6.04 Å². The molecule has 1 atom stereocenters. The van der Waals surface area contributed by atoms with Crippen LogP contribution in [-0.2, 0) is 0 Å². The van der Waals surface area contributed by atoms with Gasteiger partial charge in [-0.05, 0) is 71.0 Å². The number of rotatable bonds is 6. The number of hydrogen-bond acceptors (Lipinski definition) is 2. The molecule has 4 nitrogen and oxygen atoms in total. The van der Waals surface area contributed by atoms with Crippen LogP contribution in [0.15, 0.2) is 0 Å². The summed E-state index contributed by atoms with van der Waals surface area (Å²) in [6.45, 7) is 7.72. The van der Waals surface area contributed by atoms with Gasteiger partial charge in [0.25, 0.3) is 0 Å². The van der Waals surface area contributed by atoms with Gasteiger partial charge in [0, 0.05) is 19.1 Å². The fraction of sp³-hybridized carbons (Fsp3) is 0.938. The van der Waals surface area contributed by atoms with Gasteiger partial charge < -0.3 is 15.1 Å². The lowest BCUT2D eigenvalue weighted by Crippen LogP contribution is -2.48. The Bertz CT molecular complexity index is 289. The Kier molecular flexibility index (Phi) is 6.64. The van der Waals surface area contributed by atoms with E-state index in [2.05, 4.69) is 22.0 Å². The quantitative estimate of drug-likeness (QED) is 0.760. The minimum atomic E-state index is 0.165. The lowest BCUT2D eigenvalue weighted by Gasteiger charge is -2.35. The summed E-state index contributed by atoms with van der Waals surface area (Å²) in [5.41, 5.74) is 0. The fourth-order valence-electron chi connectivity index (χ4n) is 3.46. The zero-order valence-corrected chi connectivity index (χ0v) is 13.1. The van der Waals surface area contributed by atoms with Gasteiger partial charge in [-0.3, -0.25) is 0 Å². The molecule has 2 heterocycles. The molecular weight excluding hydrogens is 250 g/mol. The van der Waals surface area contributed by atoms with E-state index in [1.807, 2.05) is 0 Å². The Morgan fingerprint density at radius 3 is 2.60 bits per heavy atom. The number of carbonyl (C=O) groups is 1. The van der Waals surface area contributed by atoms with E-state index in [4.69, 9.17) is 0 Å². The van der Waals surface area contributed by atoms with E-state index in [1.54, 1.807) is 0 Å². The molecule has 0 aromatic heterocycles. The van der Waals surface area contributed by atoms with E-state index >= 15 is 0 Å². The predicted octanol–water partition coefficient (Wildman–Crippen LogP) is 2.84. The average molecular weight is 281 g/mol. The normalized spacial score (nSPS) is 24.1. The third kappa shape index (κ3) is 4.65. The number of hydrogen-bond donors (Lipinski definition) is 1. The molecule has 0 spiro atoms. The molecule has 2 fully saturated rings. The van der Waals surface area contributed by atoms with Crippen molar-refractivity contribution in [3.8, 4) is 0 Å². The Balaban J connectivity index is 1.56. The molecule has 2 rings (SSSR count). The largest absolute Gasteiger partial charge is 0.338 e. The van der Waals surface area contributed by atoms with Gasteiger partial charge in [-0.25, -0.2) is 4.79 Å². The van der Waals surface area contributed by atoms with Gasteiger partial charge in [-0.15, -0.1) is 0 Å². The lowest BCUT2D eigenvalue weighted by atomic mass is 10.0. The molecule has 2 amide bonds. The van der Waals surface area contributed by atoms with Gasteiger partial charge in [-0.1, -0.05) is 6.92 Å². The summed E-state index contributed by atoms with van der Waals surface area (Å²) in [7, 11) is 0. The third-order valence-electron chi connectivity index (χ3n) is 4.74.